The first-order valence-electron chi connectivity index (χ1n) is 6.97. The third kappa shape index (κ3) is 6.01. The molecular formula is C16H26BrN. The third-order valence-corrected chi connectivity index (χ3v) is 4.01. The van der Waals surface area contributed by atoms with Crippen molar-refractivity contribution in [2.45, 2.75) is 59.5 Å². The summed E-state index contributed by atoms with van der Waals surface area (Å²) in [6.45, 7) is 9.94. The summed E-state index contributed by atoms with van der Waals surface area (Å²) in [5, 5.41) is 3.60. The van der Waals surface area contributed by atoms with Gasteiger partial charge in [-0.2, -0.15) is 0 Å². The Morgan fingerprint density at radius 1 is 1.17 bits per heavy atom. The lowest BCUT2D eigenvalue weighted by Gasteiger charge is -2.15. The molecule has 1 aromatic carbocycles. The highest BCUT2D eigenvalue weighted by Crippen LogP contribution is 2.18. The fourth-order valence-corrected chi connectivity index (χ4v) is 2.65. The van der Waals surface area contributed by atoms with Crippen molar-refractivity contribution in [3.63, 3.8) is 0 Å². The number of rotatable bonds is 7. The lowest BCUT2D eigenvalue weighted by atomic mass is 10.0. The molecule has 0 heterocycles. The van der Waals surface area contributed by atoms with Crippen LogP contribution in [0.1, 0.15) is 51.2 Å². The van der Waals surface area contributed by atoms with Crippen LogP contribution < -0.4 is 5.32 Å². The van der Waals surface area contributed by atoms with Crippen LogP contribution in [0.5, 0.6) is 0 Å². The second-order valence-electron chi connectivity index (χ2n) is 5.70. The number of hydrogen-bond donors (Lipinski definition) is 1. The summed E-state index contributed by atoms with van der Waals surface area (Å²) >= 11 is 3.63. The van der Waals surface area contributed by atoms with E-state index in [1.807, 2.05) is 0 Å². The average molecular weight is 312 g/mol. The van der Waals surface area contributed by atoms with E-state index in [1.54, 1.807) is 0 Å². The molecule has 18 heavy (non-hydrogen) atoms. The van der Waals surface area contributed by atoms with Gasteiger partial charge in [-0.3, -0.25) is 0 Å². The topological polar surface area (TPSA) is 12.0 Å². The smallest absolute Gasteiger partial charge is 0.0222 e. The minimum absolute atomic E-state index is 0.594. The molecule has 1 nitrogen and oxygen atoms in total. The van der Waals surface area contributed by atoms with E-state index in [-0.39, 0.29) is 0 Å². The van der Waals surface area contributed by atoms with Crippen LogP contribution in [0.4, 0.5) is 0 Å². The lowest BCUT2D eigenvalue weighted by Crippen LogP contribution is -2.25. The van der Waals surface area contributed by atoms with Crippen LogP contribution in [0, 0.1) is 12.8 Å². The Hall–Kier alpha value is -0.340. The van der Waals surface area contributed by atoms with E-state index in [2.05, 4.69) is 67.1 Å². The number of benzene rings is 1. The van der Waals surface area contributed by atoms with Crippen LogP contribution in [0.15, 0.2) is 22.7 Å². The molecule has 1 rings (SSSR count). The van der Waals surface area contributed by atoms with Gasteiger partial charge in [0.2, 0.25) is 0 Å². The first-order valence-corrected chi connectivity index (χ1v) is 7.76. The molecule has 0 aromatic heterocycles. The van der Waals surface area contributed by atoms with E-state index in [9.17, 15) is 0 Å². The molecule has 0 aliphatic heterocycles. The Labute approximate surface area is 120 Å². The minimum atomic E-state index is 0.594. The Balaban J connectivity index is 2.31. The summed E-state index contributed by atoms with van der Waals surface area (Å²) in [5.74, 6) is 0.823. The summed E-state index contributed by atoms with van der Waals surface area (Å²) in [6.07, 6.45) is 3.92. The molecule has 0 aliphatic rings. The molecule has 0 fully saturated rings. The van der Waals surface area contributed by atoms with Crippen LogP contribution in [0.3, 0.4) is 0 Å². The molecular weight excluding hydrogens is 286 g/mol. The maximum absolute atomic E-state index is 3.63. The molecule has 0 spiro atoms. The normalized spacial score (nSPS) is 13.0. The Morgan fingerprint density at radius 2 is 1.89 bits per heavy atom. The SMILES string of the molecule is Cc1ccc(CNC(C)CCCC(C)C)c(Br)c1. The van der Waals surface area contributed by atoms with Crippen molar-refractivity contribution in [3.8, 4) is 0 Å². The molecule has 0 saturated heterocycles. The fraction of sp³-hybridized carbons (Fsp3) is 0.625. The van der Waals surface area contributed by atoms with Crippen molar-refractivity contribution in [1.29, 1.82) is 0 Å². The van der Waals surface area contributed by atoms with E-state index < -0.39 is 0 Å². The van der Waals surface area contributed by atoms with Gasteiger partial charge in [0.15, 0.2) is 0 Å². The Morgan fingerprint density at radius 3 is 2.50 bits per heavy atom. The Kier molecular flexibility index (Phi) is 6.95. The van der Waals surface area contributed by atoms with E-state index in [4.69, 9.17) is 0 Å². The number of hydrogen-bond acceptors (Lipinski definition) is 1. The summed E-state index contributed by atoms with van der Waals surface area (Å²) in [4.78, 5) is 0. The average Bonchev–Trinajstić information content (AvgIpc) is 2.27. The van der Waals surface area contributed by atoms with Crippen molar-refractivity contribution < 1.29 is 0 Å². The Bertz CT molecular complexity index is 360. The molecule has 1 aromatic rings. The maximum atomic E-state index is 3.63. The van der Waals surface area contributed by atoms with Gasteiger partial charge in [0.1, 0.15) is 0 Å². The fourth-order valence-electron chi connectivity index (χ4n) is 2.01. The van der Waals surface area contributed by atoms with E-state index in [0.717, 1.165) is 12.5 Å². The molecule has 1 N–H and O–H groups in total. The predicted molar refractivity (Wildman–Crippen MR) is 83.9 cm³/mol. The van der Waals surface area contributed by atoms with Crippen LogP contribution in [0.25, 0.3) is 0 Å². The van der Waals surface area contributed by atoms with E-state index >= 15 is 0 Å². The van der Waals surface area contributed by atoms with Crippen LogP contribution in [-0.2, 0) is 6.54 Å². The number of aryl methyl sites for hydroxylation is 1. The van der Waals surface area contributed by atoms with Gasteiger partial charge < -0.3 is 5.32 Å². The quantitative estimate of drug-likeness (QED) is 0.742. The molecule has 0 aliphatic carbocycles. The van der Waals surface area contributed by atoms with Crippen molar-refractivity contribution in [2.75, 3.05) is 0 Å². The molecule has 2 heteroatoms. The highest BCUT2D eigenvalue weighted by molar-refractivity contribution is 9.10. The molecule has 0 radical (unpaired) electrons. The van der Waals surface area contributed by atoms with Crippen molar-refractivity contribution in [3.05, 3.63) is 33.8 Å². The van der Waals surface area contributed by atoms with Gasteiger partial charge in [-0.05, 0) is 43.4 Å². The zero-order chi connectivity index (χ0) is 13.5. The van der Waals surface area contributed by atoms with Gasteiger partial charge in [-0.25, -0.2) is 0 Å². The number of nitrogens with one attached hydrogen (secondary N) is 1. The highest BCUT2D eigenvalue weighted by atomic mass is 79.9. The first-order chi connectivity index (χ1) is 8.49. The van der Waals surface area contributed by atoms with Gasteiger partial charge in [-0.1, -0.05) is 54.8 Å². The maximum Gasteiger partial charge on any atom is 0.0222 e. The summed E-state index contributed by atoms with van der Waals surface area (Å²) in [7, 11) is 0. The second kappa shape index (κ2) is 7.96. The van der Waals surface area contributed by atoms with Crippen molar-refractivity contribution in [1.82, 2.24) is 5.32 Å². The van der Waals surface area contributed by atoms with Gasteiger partial charge in [0, 0.05) is 17.1 Å². The minimum Gasteiger partial charge on any atom is -0.310 e. The van der Waals surface area contributed by atoms with Gasteiger partial charge in [0.05, 0.1) is 0 Å². The van der Waals surface area contributed by atoms with E-state index in [1.165, 1.54) is 34.9 Å². The molecule has 0 bridgehead atoms. The van der Waals surface area contributed by atoms with Gasteiger partial charge in [-0.15, -0.1) is 0 Å². The van der Waals surface area contributed by atoms with Gasteiger partial charge in [0.25, 0.3) is 0 Å². The van der Waals surface area contributed by atoms with Gasteiger partial charge >= 0.3 is 0 Å². The zero-order valence-electron chi connectivity index (χ0n) is 12.1. The first kappa shape index (κ1) is 15.7. The molecule has 0 amide bonds. The lowest BCUT2D eigenvalue weighted by molar-refractivity contribution is 0.457. The summed E-state index contributed by atoms with van der Waals surface area (Å²) in [6, 6.07) is 7.15. The molecule has 0 saturated carbocycles. The largest absolute Gasteiger partial charge is 0.310 e. The van der Waals surface area contributed by atoms with Crippen molar-refractivity contribution >= 4 is 15.9 Å². The van der Waals surface area contributed by atoms with Crippen LogP contribution in [-0.4, -0.2) is 6.04 Å². The number of halogens is 1. The monoisotopic (exact) mass is 311 g/mol. The third-order valence-electron chi connectivity index (χ3n) is 3.27. The zero-order valence-corrected chi connectivity index (χ0v) is 13.7. The molecule has 1 atom stereocenters. The van der Waals surface area contributed by atoms with Crippen LogP contribution in [0.2, 0.25) is 0 Å². The molecule has 1 unspecified atom stereocenters. The predicted octanol–water partition coefficient (Wildman–Crippen LogP) is 5.06. The van der Waals surface area contributed by atoms with Crippen molar-refractivity contribution in [2.24, 2.45) is 5.92 Å². The molecule has 102 valence electrons. The van der Waals surface area contributed by atoms with E-state index in [0.29, 0.717) is 6.04 Å². The summed E-state index contributed by atoms with van der Waals surface area (Å²) in [5.41, 5.74) is 2.65. The standard InChI is InChI=1S/C16H26BrN/c1-12(2)6-5-7-14(4)18-11-15-9-8-13(3)10-16(15)17/h8-10,12,14,18H,5-7,11H2,1-4H3. The van der Waals surface area contributed by atoms with Crippen LogP contribution >= 0.6 is 15.9 Å². The second-order valence-corrected chi connectivity index (χ2v) is 6.56. The highest BCUT2D eigenvalue weighted by Gasteiger charge is 2.04. The summed E-state index contributed by atoms with van der Waals surface area (Å²) < 4.78 is 1.21.